The quantitative estimate of drug-likeness (QED) is 0.840. The number of hydrogen-bond donors (Lipinski definition) is 1. The molecule has 0 radical (unpaired) electrons. The van der Waals surface area contributed by atoms with Crippen LogP contribution in [0.15, 0.2) is 37.2 Å². The molecule has 3 heterocycles. The Morgan fingerprint density at radius 2 is 1.63 bits per heavy atom. The van der Waals surface area contributed by atoms with Crippen molar-refractivity contribution < 1.29 is 0 Å². The van der Waals surface area contributed by atoms with Gasteiger partial charge in [0.25, 0.3) is 0 Å². The van der Waals surface area contributed by atoms with Crippen molar-refractivity contribution in [1.29, 1.82) is 0 Å². The van der Waals surface area contributed by atoms with E-state index in [1.807, 2.05) is 6.20 Å². The maximum atomic E-state index is 5.37. The van der Waals surface area contributed by atoms with Crippen molar-refractivity contribution in [2.75, 3.05) is 31.1 Å². The maximum Gasteiger partial charge on any atom is 0.147 e. The van der Waals surface area contributed by atoms with Crippen molar-refractivity contribution in [3.05, 3.63) is 42.3 Å². The Morgan fingerprint density at radius 1 is 0.947 bits per heavy atom. The summed E-state index contributed by atoms with van der Waals surface area (Å²) in [6.45, 7) is 4.13. The molecule has 0 atom stereocenters. The highest BCUT2D eigenvalue weighted by atomic mass is 35.5. The summed E-state index contributed by atoms with van der Waals surface area (Å²) < 4.78 is 0. The van der Waals surface area contributed by atoms with E-state index in [9.17, 15) is 0 Å². The molecular weight excluding hydrogens is 264 g/mol. The molecule has 19 heavy (non-hydrogen) atoms. The van der Waals surface area contributed by atoms with E-state index in [0.717, 1.165) is 32.0 Å². The van der Waals surface area contributed by atoms with Crippen LogP contribution in [0.4, 0.5) is 5.82 Å². The first kappa shape index (κ1) is 13.6. The highest BCUT2D eigenvalue weighted by molar-refractivity contribution is 6.29. The van der Waals surface area contributed by atoms with Crippen LogP contribution < -0.4 is 10.2 Å². The number of halogens is 1. The minimum Gasteiger partial charge on any atom is -0.353 e. The van der Waals surface area contributed by atoms with Crippen LogP contribution in [0.2, 0.25) is 5.15 Å². The van der Waals surface area contributed by atoms with Crippen molar-refractivity contribution in [3.63, 3.8) is 0 Å². The van der Waals surface area contributed by atoms with E-state index >= 15 is 0 Å². The molecule has 0 saturated carbocycles. The van der Waals surface area contributed by atoms with E-state index in [0.29, 0.717) is 5.15 Å². The van der Waals surface area contributed by atoms with E-state index in [-0.39, 0.29) is 0 Å². The average molecular weight is 279 g/mol. The molecule has 2 aromatic heterocycles. The van der Waals surface area contributed by atoms with Gasteiger partial charge in [0.15, 0.2) is 0 Å². The number of anilines is 1. The molecule has 1 fully saturated rings. The van der Waals surface area contributed by atoms with E-state index in [4.69, 9.17) is 11.6 Å². The first-order valence-electron chi connectivity index (χ1n) is 5.99. The summed E-state index contributed by atoms with van der Waals surface area (Å²) >= 11 is 5.37. The molecule has 0 spiro atoms. The fraction of sp³-hybridized carbons (Fsp3) is 0.333. The maximum absolute atomic E-state index is 5.37. The third kappa shape index (κ3) is 4.76. The number of hydrogen-bond acceptors (Lipinski definition) is 6. The van der Waals surface area contributed by atoms with Gasteiger partial charge in [0.1, 0.15) is 11.0 Å². The van der Waals surface area contributed by atoms with Crippen molar-refractivity contribution in [1.82, 2.24) is 25.3 Å². The first-order valence-corrected chi connectivity index (χ1v) is 6.37. The number of aromatic nitrogens is 4. The second kappa shape index (κ2) is 7.60. The summed E-state index contributed by atoms with van der Waals surface area (Å²) in [5.41, 5.74) is 0. The molecule has 0 aliphatic carbocycles. The molecule has 100 valence electrons. The van der Waals surface area contributed by atoms with Crippen LogP contribution >= 0.6 is 11.6 Å². The largest absolute Gasteiger partial charge is 0.353 e. The average Bonchev–Trinajstić information content (AvgIpc) is 2.51. The molecule has 1 aliphatic rings. The molecular formula is C12H15ClN6. The van der Waals surface area contributed by atoms with E-state index < -0.39 is 0 Å². The molecule has 1 saturated heterocycles. The Labute approximate surface area is 116 Å². The van der Waals surface area contributed by atoms with Gasteiger partial charge in [0, 0.05) is 51.0 Å². The predicted octanol–water partition coefficient (Wildman–Crippen LogP) is 1.02. The molecule has 0 bridgehead atoms. The molecule has 0 unspecified atom stereocenters. The van der Waals surface area contributed by atoms with Crippen molar-refractivity contribution in [3.8, 4) is 0 Å². The highest BCUT2D eigenvalue weighted by Gasteiger charge is 2.10. The van der Waals surface area contributed by atoms with Gasteiger partial charge in [-0.3, -0.25) is 9.97 Å². The van der Waals surface area contributed by atoms with Gasteiger partial charge in [0.05, 0.1) is 12.4 Å². The summed E-state index contributed by atoms with van der Waals surface area (Å²) in [6, 6.07) is 0. The lowest BCUT2D eigenvalue weighted by atomic mass is 10.4. The minimum absolute atomic E-state index is 0.433. The fourth-order valence-electron chi connectivity index (χ4n) is 1.63. The Balaban J connectivity index is 0.000000163. The van der Waals surface area contributed by atoms with Crippen LogP contribution in [-0.4, -0.2) is 46.1 Å². The minimum atomic E-state index is 0.433. The van der Waals surface area contributed by atoms with Crippen LogP contribution in [0.5, 0.6) is 0 Å². The normalized spacial score (nSPS) is 14.5. The SMILES string of the molecule is Clc1cnccn1.c1cnc(N2CCNCC2)cn1. The first-order chi connectivity index (χ1) is 9.36. The summed E-state index contributed by atoms with van der Waals surface area (Å²) in [4.78, 5) is 17.9. The molecule has 6 nitrogen and oxygen atoms in total. The van der Waals surface area contributed by atoms with Crippen LogP contribution in [0, 0.1) is 0 Å². The van der Waals surface area contributed by atoms with E-state index in [2.05, 4.69) is 30.2 Å². The molecule has 0 aromatic carbocycles. The van der Waals surface area contributed by atoms with Gasteiger partial charge < -0.3 is 10.2 Å². The zero-order valence-electron chi connectivity index (χ0n) is 10.4. The molecule has 2 aromatic rings. The zero-order chi connectivity index (χ0) is 13.3. The van der Waals surface area contributed by atoms with E-state index in [1.165, 1.54) is 6.20 Å². The smallest absolute Gasteiger partial charge is 0.147 e. The highest BCUT2D eigenvalue weighted by Crippen LogP contribution is 2.07. The summed E-state index contributed by atoms with van der Waals surface area (Å²) in [6.07, 6.45) is 9.85. The van der Waals surface area contributed by atoms with Crippen LogP contribution in [-0.2, 0) is 0 Å². The van der Waals surface area contributed by atoms with Gasteiger partial charge in [0.2, 0.25) is 0 Å². The molecule has 1 aliphatic heterocycles. The van der Waals surface area contributed by atoms with Crippen molar-refractivity contribution in [2.24, 2.45) is 0 Å². The second-order valence-corrected chi connectivity index (χ2v) is 4.22. The topological polar surface area (TPSA) is 66.8 Å². The van der Waals surface area contributed by atoms with Crippen molar-refractivity contribution >= 4 is 17.4 Å². The van der Waals surface area contributed by atoms with Gasteiger partial charge in [-0.25, -0.2) is 9.97 Å². The number of piperazine rings is 1. The van der Waals surface area contributed by atoms with Crippen molar-refractivity contribution in [2.45, 2.75) is 0 Å². The molecule has 3 rings (SSSR count). The molecule has 0 amide bonds. The predicted molar refractivity (Wildman–Crippen MR) is 74.2 cm³/mol. The Kier molecular flexibility index (Phi) is 5.46. The third-order valence-electron chi connectivity index (χ3n) is 2.52. The second-order valence-electron chi connectivity index (χ2n) is 3.83. The van der Waals surface area contributed by atoms with Crippen LogP contribution in [0.1, 0.15) is 0 Å². The van der Waals surface area contributed by atoms with E-state index in [1.54, 1.807) is 24.8 Å². The molecule has 7 heteroatoms. The fourth-order valence-corrected chi connectivity index (χ4v) is 1.74. The Hall–Kier alpha value is -1.79. The van der Waals surface area contributed by atoms with Gasteiger partial charge in [-0.2, -0.15) is 0 Å². The summed E-state index contributed by atoms with van der Waals surface area (Å²) in [5.74, 6) is 0.985. The summed E-state index contributed by atoms with van der Waals surface area (Å²) in [7, 11) is 0. The summed E-state index contributed by atoms with van der Waals surface area (Å²) in [5, 5.41) is 3.73. The molecule has 1 N–H and O–H groups in total. The van der Waals surface area contributed by atoms with Gasteiger partial charge in [-0.1, -0.05) is 11.6 Å². The Bertz CT molecular complexity index is 460. The zero-order valence-corrected chi connectivity index (χ0v) is 11.2. The van der Waals surface area contributed by atoms with Gasteiger partial charge in [-0.15, -0.1) is 0 Å². The lowest BCUT2D eigenvalue weighted by molar-refractivity contribution is 0.584. The van der Waals surface area contributed by atoms with Crippen LogP contribution in [0.3, 0.4) is 0 Å². The monoisotopic (exact) mass is 278 g/mol. The number of nitrogens with zero attached hydrogens (tertiary/aromatic N) is 5. The number of nitrogens with one attached hydrogen (secondary N) is 1. The van der Waals surface area contributed by atoms with Gasteiger partial charge >= 0.3 is 0 Å². The third-order valence-corrected chi connectivity index (χ3v) is 2.72. The van der Waals surface area contributed by atoms with Gasteiger partial charge in [-0.05, 0) is 0 Å². The lowest BCUT2D eigenvalue weighted by Gasteiger charge is -2.27. The standard InChI is InChI=1S/C8H12N4.C4H3ClN2/c1-2-11-8(7-10-1)12-5-3-9-4-6-12;5-4-3-6-1-2-7-4/h1-2,7,9H,3-6H2;1-3H. The lowest BCUT2D eigenvalue weighted by Crippen LogP contribution is -2.43. The number of rotatable bonds is 1. The Morgan fingerprint density at radius 3 is 2.11 bits per heavy atom. The van der Waals surface area contributed by atoms with Crippen LogP contribution in [0.25, 0.3) is 0 Å².